The van der Waals surface area contributed by atoms with Crippen molar-refractivity contribution in [3.63, 3.8) is 0 Å². The summed E-state index contributed by atoms with van der Waals surface area (Å²) < 4.78 is 13.0. The van der Waals surface area contributed by atoms with Crippen molar-refractivity contribution in [3.05, 3.63) is 40.5 Å². The third-order valence-corrected chi connectivity index (χ3v) is 10.4. The first-order valence-corrected chi connectivity index (χ1v) is 13.6. The number of anilines is 2. The Labute approximate surface area is 202 Å². The van der Waals surface area contributed by atoms with Crippen molar-refractivity contribution in [2.75, 3.05) is 16.8 Å². The molecule has 2 bridgehead atoms. The van der Waals surface area contributed by atoms with Gasteiger partial charge in [0, 0.05) is 23.5 Å². The first-order valence-electron chi connectivity index (χ1n) is 12.0. The molecule has 3 atom stereocenters. The number of aliphatic hydroxyl groups is 1. The summed E-state index contributed by atoms with van der Waals surface area (Å²) in [6.45, 7) is 4.14. The molecule has 0 spiro atoms. The SMILES string of the molecule is CC1(C)Cc2nc(N3C4CC(c5ccc(Cl)cc5)CC3C4)nc(NC3(CO)CCC3)c2S1=O. The van der Waals surface area contributed by atoms with E-state index in [1.54, 1.807) is 0 Å². The summed E-state index contributed by atoms with van der Waals surface area (Å²) in [6, 6.07) is 9.11. The number of aliphatic hydroxyl groups excluding tert-OH is 1. The topological polar surface area (TPSA) is 78.3 Å². The summed E-state index contributed by atoms with van der Waals surface area (Å²) in [5, 5.41) is 14.3. The molecule has 33 heavy (non-hydrogen) atoms. The molecule has 1 aromatic heterocycles. The standard InChI is InChI=1S/C25H31ClN4O2S/c1-24(2)13-20-21(33(24)32)22(29-25(14-31)8-3-9-25)28-23(27-20)30-18-10-16(11-19(30)12-18)15-4-6-17(26)7-5-15/h4-7,16,18-19,31H,3,8-14H2,1-2H3,(H,27,28,29). The Morgan fingerprint density at radius 3 is 2.45 bits per heavy atom. The van der Waals surface area contributed by atoms with Gasteiger partial charge in [0.1, 0.15) is 10.7 Å². The van der Waals surface area contributed by atoms with E-state index in [0.29, 0.717) is 30.2 Å². The van der Waals surface area contributed by atoms with Crippen molar-refractivity contribution >= 4 is 34.2 Å². The van der Waals surface area contributed by atoms with Crippen LogP contribution in [0.4, 0.5) is 11.8 Å². The lowest BCUT2D eigenvalue weighted by Gasteiger charge is -2.55. The fourth-order valence-electron chi connectivity index (χ4n) is 6.13. The van der Waals surface area contributed by atoms with Gasteiger partial charge in [0.2, 0.25) is 5.95 Å². The number of rotatable bonds is 5. The lowest BCUT2D eigenvalue weighted by molar-refractivity contribution is 0.143. The Balaban J connectivity index is 1.31. The van der Waals surface area contributed by atoms with Gasteiger partial charge in [-0.15, -0.1) is 0 Å². The number of nitrogens with one attached hydrogen (secondary N) is 1. The molecule has 176 valence electrons. The first kappa shape index (κ1) is 21.8. The second-order valence-corrected chi connectivity index (χ2v) is 13.4. The van der Waals surface area contributed by atoms with Crippen molar-refractivity contribution in [2.24, 2.45) is 0 Å². The third kappa shape index (κ3) is 3.50. The summed E-state index contributed by atoms with van der Waals surface area (Å²) in [5.74, 6) is 1.97. The molecule has 2 saturated carbocycles. The number of hydrogen-bond acceptors (Lipinski definition) is 6. The second kappa shape index (κ2) is 7.65. The fourth-order valence-corrected chi connectivity index (χ4v) is 7.68. The Morgan fingerprint density at radius 2 is 1.85 bits per heavy atom. The summed E-state index contributed by atoms with van der Waals surface area (Å²) in [4.78, 5) is 13.1. The molecule has 3 unspecified atom stereocenters. The smallest absolute Gasteiger partial charge is 0.228 e. The Morgan fingerprint density at radius 1 is 1.15 bits per heavy atom. The number of piperidine rings is 1. The van der Waals surface area contributed by atoms with Gasteiger partial charge in [-0.05, 0) is 76.0 Å². The van der Waals surface area contributed by atoms with Gasteiger partial charge < -0.3 is 15.3 Å². The second-order valence-electron chi connectivity index (χ2n) is 10.9. The molecule has 8 heteroatoms. The van der Waals surface area contributed by atoms with Gasteiger partial charge in [-0.25, -0.2) is 4.98 Å². The minimum Gasteiger partial charge on any atom is -0.394 e. The predicted molar refractivity (Wildman–Crippen MR) is 132 cm³/mol. The predicted octanol–water partition coefficient (Wildman–Crippen LogP) is 4.42. The van der Waals surface area contributed by atoms with E-state index in [2.05, 4.69) is 22.3 Å². The normalized spacial score (nSPS) is 30.8. The molecule has 0 radical (unpaired) electrons. The zero-order chi connectivity index (χ0) is 23.0. The monoisotopic (exact) mass is 486 g/mol. The van der Waals surface area contributed by atoms with Crippen LogP contribution in [0.1, 0.15) is 69.5 Å². The molecule has 2 saturated heterocycles. The first-order chi connectivity index (χ1) is 15.8. The van der Waals surface area contributed by atoms with Crippen molar-refractivity contribution < 1.29 is 9.32 Å². The molecule has 0 amide bonds. The van der Waals surface area contributed by atoms with Crippen LogP contribution in [0, 0.1) is 0 Å². The summed E-state index contributed by atoms with van der Waals surface area (Å²) in [5.41, 5.74) is 1.91. The van der Waals surface area contributed by atoms with E-state index >= 15 is 0 Å². The van der Waals surface area contributed by atoms with Crippen molar-refractivity contribution in [1.82, 2.24) is 9.97 Å². The number of aromatic nitrogens is 2. The number of hydrogen-bond donors (Lipinski definition) is 2. The quantitative estimate of drug-likeness (QED) is 0.651. The summed E-state index contributed by atoms with van der Waals surface area (Å²) in [6.07, 6.45) is 6.92. The molecule has 4 heterocycles. The van der Waals surface area contributed by atoms with Crippen LogP contribution in [-0.4, -0.2) is 48.3 Å². The largest absolute Gasteiger partial charge is 0.394 e. The van der Waals surface area contributed by atoms with E-state index in [1.165, 1.54) is 12.0 Å². The maximum Gasteiger partial charge on any atom is 0.228 e. The number of benzene rings is 1. The lowest BCUT2D eigenvalue weighted by atomic mass is 9.71. The van der Waals surface area contributed by atoms with Crippen molar-refractivity contribution in [3.8, 4) is 0 Å². The van der Waals surface area contributed by atoms with Gasteiger partial charge in [-0.2, -0.15) is 4.98 Å². The molecular formula is C25H31ClN4O2S. The molecule has 5 aliphatic rings. The fraction of sp³-hybridized carbons (Fsp3) is 0.600. The minimum absolute atomic E-state index is 0.0644. The summed E-state index contributed by atoms with van der Waals surface area (Å²) >= 11 is 6.09. The highest BCUT2D eigenvalue weighted by Crippen LogP contribution is 2.49. The van der Waals surface area contributed by atoms with E-state index in [1.807, 2.05) is 26.0 Å². The number of halogens is 1. The molecule has 6 nitrogen and oxygen atoms in total. The average molecular weight is 487 g/mol. The molecule has 2 N–H and O–H groups in total. The van der Waals surface area contributed by atoms with Crippen LogP contribution >= 0.6 is 11.6 Å². The van der Waals surface area contributed by atoms with E-state index in [9.17, 15) is 9.32 Å². The van der Waals surface area contributed by atoms with Gasteiger partial charge in [0.05, 0.1) is 33.4 Å². The Bertz CT molecular complexity index is 1100. The molecule has 3 aliphatic heterocycles. The molecule has 2 aromatic rings. The van der Waals surface area contributed by atoms with Gasteiger partial charge >= 0.3 is 0 Å². The van der Waals surface area contributed by atoms with Crippen molar-refractivity contribution in [1.29, 1.82) is 0 Å². The number of nitrogens with zero attached hydrogens (tertiary/aromatic N) is 3. The van der Waals surface area contributed by atoms with E-state index in [-0.39, 0.29) is 16.9 Å². The van der Waals surface area contributed by atoms with Crippen LogP contribution in [0.2, 0.25) is 5.02 Å². The lowest BCUT2D eigenvalue weighted by Crippen LogP contribution is -2.61. The molecule has 1 aromatic carbocycles. The molecule has 4 fully saturated rings. The van der Waals surface area contributed by atoms with E-state index in [4.69, 9.17) is 21.6 Å². The molecule has 7 rings (SSSR count). The highest BCUT2D eigenvalue weighted by atomic mass is 35.5. The van der Waals surface area contributed by atoms with Crippen LogP contribution in [0.5, 0.6) is 0 Å². The van der Waals surface area contributed by atoms with Crippen LogP contribution in [0.15, 0.2) is 29.2 Å². The minimum atomic E-state index is -1.18. The Kier molecular flexibility index (Phi) is 5.06. The van der Waals surface area contributed by atoms with Crippen LogP contribution in [0.25, 0.3) is 0 Å². The highest BCUT2D eigenvalue weighted by Gasteiger charge is 2.49. The number of fused-ring (bicyclic) bond motifs is 3. The van der Waals surface area contributed by atoms with Gasteiger partial charge in [-0.1, -0.05) is 23.7 Å². The van der Waals surface area contributed by atoms with Gasteiger partial charge in [0.25, 0.3) is 0 Å². The average Bonchev–Trinajstić information content (AvgIpc) is 2.99. The van der Waals surface area contributed by atoms with Gasteiger partial charge in [0.15, 0.2) is 0 Å². The Hall–Kier alpha value is -1.70. The maximum absolute atomic E-state index is 13.3. The zero-order valence-electron chi connectivity index (χ0n) is 19.2. The van der Waals surface area contributed by atoms with Crippen molar-refractivity contribution in [2.45, 2.75) is 92.0 Å². The maximum atomic E-state index is 13.3. The van der Waals surface area contributed by atoms with Crippen LogP contribution < -0.4 is 10.2 Å². The van der Waals surface area contributed by atoms with Crippen LogP contribution in [0.3, 0.4) is 0 Å². The molecular weight excluding hydrogens is 456 g/mol. The van der Waals surface area contributed by atoms with Crippen LogP contribution in [-0.2, 0) is 17.2 Å². The van der Waals surface area contributed by atoms with E-state index in [0.717, 1.165) is 53.7 Å². The highest BCUT2D eigenvalue weighted by molar-refractivity contribution is 7.87. The van der Waals surface area contributed by atoms with E-state index < -0.39 is 10.8 Å². The third-order valence-electron chi connectivity index (χ3n) is 8.22. The zero-order valence-corrected chi connectivity index (χ0v) is 20.8. The molecule has 2 aliphatic carbocycles. The summed E-state index contributed by atoms with van der Waals surface area (Å²) in [7, 11) is -1.18. The van der Waals surface area contributed by atoms with Gasteiger partial charge in [-0.3, -0.25) is 4.21 Å².